The first-order valence-corrected chi connectivity index (χ1v) is 3.93. The summed E-state index contributed by atoms with van der Waals surface area (Å²) >= 11 is 0. The largest absolute Gasteiger partial charge is 0.316 e. The summed E-state index contributed by atoms with van der Waals surface area (Å²) < 4.78 is 0. The lowest BCUT2D eigenvalue weighted by Crippen LogP contribution is -2.23. The van der Waals surface area contributed by atoms with Crippen LogP contribution in [0, 0.1) is 17.3 Å². The molecule has 1 heterocycles. The Morgan fingerprint density at radius 1 is 1.33 bits per heavy atom. The van der Waals surface area contributed by atoms with Crippen LogP contribution in [0.4, 0.5) is 0 Å². The normalized spacial score (nSPS) is 46.0. The second-order valence-corrected chi connectivity index (χ2v) is 4.03. The van der Waals surface area contributed by atoms with Crippen molar-refractivity contribution in [2.45, 2.75) is 20.3 Å². The van der Waals surface area contributed by atoms with Crippen LogP contribution in [0.5, 0.6) is 0 Å². The molecule has 1 heteroatoms. The summed E-state index contributed by atoms with van der Waals surface area (Å²) in [7, 11) is 0. The van der Waals surface area contributed by atoms with E-state index in [1.807, 2.05) is 0 Å². The van der Waals surface area contributed by atoms with E-state index in [2.05, 4.69) is 19.2 Å². The summed E-state index contributed by atoms with van der Waals surface area (Å²) in [6, 6.07) is 0. The van der Waals surface area contributed by atoms with E-state index in [0.717, 1.165) is 11.8 Å². The van der Waals surface area contributed by atoms with Crippen LogP contribution in [0.25, 0.3) is 0 Å². The van der Waals surface area contributed by atoms with E-state index < -0.39 is 0 Å². The minimum Gasteiger partial charge on any atom is -0.316 e. The first kappa shape index (κ1) is 5.72. The van der Waals surface area contributed by atoms with Gasteiger partial charge in [-0.05, 0) is 36.8 Å². The molecular formula is C8H15N. The molecule has 2 rings (SSSR count). The molecular weight excluding hydrogens is 110 g/mol. The maximum Gasteiger partial charge on any atom is -0.00124 e. The molecule has 2 aliphatic rings. The molecule has 0 amide bonds. The molecule has 2 fully saturated rings. The Kier molecular flexibility index (Phi) is 0.963. The van der Waals surface area contributed by atoms with Gasteiger partial charge in [-0.1, -0.05) is 13.8 Å². The van der Waals surface area contributed by atoms with E-state index in [4.69, 9.17) is 0 Å². The third-order valence-corrected chi connectivity index (χ3v) is 3.28. The molecule has 1 N–H and O–H groups in total. The molecule has 2 unspecified atom stereocenters. The lowest BCUT2D eigenvalue weighted by molar-refractivity contribution is 0.497. The van der Waals surface area contributed by atoms with Crippen molar-refractivity contribution >= 4 is 0 Å². The summed E-state index contributed by atoms with van der Waals surface area (Å²) in [4.78, 5) is 0. The molecule has 0 radical (unpaired) electrons. The third-order valence-electron chi connectivity index (χ3n) is 3.28. The van der Waals surface area contributed by atoms with Crippen LogP contribution in [0.1, 0.15) is 20.3 Å². The number of piperidine rings is 1. The molecule has 1 saturated carbocycles. The minimum atomic E-state index is 0.684. The molecule has 2 atom stereocenters. The highest BCUT2D eigenvalue weighted by molar-refractivity contribution is 5.07. The van der Waals surface area contributed by atoms with Crippen LogP contribution >= 0.6 is 0 Å². The predicted molar refractivity (Wildman–Crippen MR) is 38.2 cm³/mol. The Morgan fingerprint density at radius 2 is 2.11 bits per heavy atom. The highest BCUT2D eigenvalue weighted by Gasteiger charge is 2.57. The van der Waals surface area contributed by atoms with Gasteiger partial charge in [0.2, 0.25) is 0 Å². The standard InChI is InChI=1S/C8H15N/c1-8(2)6-3-4-9-5-7(6)8/h6-7,9H,3-5H2,1-2H3. The average Bonchev–Trinajstić information content (AvgIpc) is 2.39. The van der Waals surface area contributed by atoms with E-state index in [1.165, 1.54) is 19.5 Å². The molecule has 0 spiro atoms. The lowest BCUT2D eigenvalue weighted by Gasteiger charge is -2.07. The van der Waals surface area contributed by atoms with E-state index in [-0.39, 0.29) is 0 Å². The van der Waals surface area contributed by atoms with Crippen LogP contribution in [-0.4, -0.2) is 13.1 Å². The van der Waals surface area contributed by atoms with Gasteiger partial charge >= 0.3 is 0 Å². The van der Waals surface area contributed by atoms with Crippen molar-refractivity contribution in [3.63, 3.8) is 0 Å². The number of hydrogen-bond donors (Lipinski definition) is 1. The molecule has 0 aromatic rings. The zero-order valence-electron chi connectivity index (χ0n) is 6.28. The molecule has 1 aliphatic heterocycles. The van der Waals surface area contributed by atoms with Gasteiger partial charge in [0, 0.05) is 0 Å². The van der Waals surface area contributed by atoms with Gasteiger partial charge in [0.1, 0.15) is 0 Å². The average molecular weight is 125 g/mol. The summed E-state index contributed by atoms with van der Waals surface area (Å²) in [6.45, 7) is 7.33. The maximum atomic E-state index is 3.43. The van der Waals surface area contributed by atoms with Crippen LogP contribution in [0.15, 0.2) is 0 Å². The van der Waals surface area contributed by atoms with Crippen molar-refractivity contribution < 1.29 is 0 Å². The van der Waals surface area contributed by atoms with Gasteiger partial charge in [0.15, 0.2) is 0 Å². The molecule has 0 bridgehead atoms. The van der Waals surface area contributed by atoms with Gasteiger partial charge < -0.3 is 5.32 Å². The fraction of sp³-hybridized carbons (Fsp3) is 1.00. The van der Waals surface area contributed by atoms with Gasteiger partial charge in [0.05, 0.1) is 0 Å². The van der Waals surface area contributed by atoms with Crippen LogP contribution in [-0.2, 0) is 0 Å². The Labute approximate surface area is 56.8 Å². The van der Waals surface area contributed by atoms with Gasteiger partial charge in [-0.3, -0.25) is 0 Å². The Balaban J connectivity index is 2.06. The summed E-state index contributed by atoms with van der Waals surface area (Å²) in [5, 5.41) is 3.43. The molecule has 9 heavy (non-hydrogen) atoms. The first-order valence-electron chi connectivity index (χ1n) is 3.93. The number of hydrogen-bond acceptors (Lipinski definition) is 1. The van der Waals surface area contributed by atoms with E-state index in [9.17, 15) is 0 Å². The SMILES string of the molecule is CC1(C)C2CCNCC21. The number of fused-ring (bicyclic) bond motifs is 1. The van der Waals surface area contributed by atoms with Gasteiger partial charge in [-0.15, -0.1) is 0 Å². The molecule has 0 aromatic carbocycles. The topological polar surface area (TPSA) is 12.0 Å². The molecule has 0 aromatic heterocycles. The van der Waals surface area contributed by atoms with Gasteiger partial charge in [0.25, 0.3) is 0 Å². The van der Waals surface area contributed by atoms with Crippen molar-refractivity contribution in [2.75, 3.05) is 13.1 Å². The molecule has 52 valence electrons. The quantitative estimate of drug-likeness (QED) is 0.514. The maximum absolute atomic E-state index is 3.43. The first-order chi connectivity index (χ1) is 4.23. The summed E-state index contributed by atoms with van der Waals surface area (Å²) in [6.07, 6.45) is 1.41. The fourth-order valence-electron chi connectivity index (χ4n) is 2.35. The molecule has 1 saturated heterocycles. The monoisotopic (exact) mass is 125 g/mol. The van der Waals surface area contributed by atoms with Crippen molar-refractivity contribution in [3.8, 4) is 0 Å². The molecule has 1 aliphatic carbocycles. The zero-order chi connectivity index (χ0) is 6.48. The van der Waals surface area contributed by atoms with Crippen LogP contribution in [0.3, 0.4) is 0 Å². The second-order valence-electron chi connectivity index (χ2n) is 4.03. The van der Waals surface area contributed by atoms with E-state index >= 15 is 0 Å². The Hall–Kier alpha value is -0.0400. The zero-order valence-corrected chi connectivity index (χ0v) is 6.28. The van der Waals surface area contributed by atoms with Crippen molar-refractivity contribution in [1.29, 1.82) is 0 Å². The second kappa shape index (κ2) is 1.51. The summed E-state index contributed by atoms with van der Waals surface area (Å²) in [5.74, 6) is 2.06. The van der Waals surface area contributed by atoms with E-state index in [0.29, 0.717) is 5.41 Å². The van der Waals surface area contributed by atoms with Crippen molar-refractivity contribution in [1.82, 2.24) is 5.32 Å². The number of nitrogens with one attached hydrogen (secondary N) is 1. The van der Waals surface area contributed by atoms with Gasteiger partial charge in [-0.2, -0.15) is 0 Å². The van der Waals surface area contributed by atoms with Crippen LogP contribution < -0.4 is 5.32 Å². The lowest BCUT2D eigenvalue weighted by atomic mass is 10.1. The van der Waals surface area contributed by atoms with E-state index in [1.54, 1.807) is 0 Å². The highest BCUT2D eigenvalue weighted by atomic mass is 14.9. The Bertz CT molecular complexity index is 115. The van der Waals surface area contributed by atoms with Crippen LogP contribution in [0.2, 0.25) is 0 Å². The van der Waals surface area contributed by atoms with Gasteiger partial charge in [-0.25, -0.2) is 0 Å². The minimum absolute atomic E-state index is 0.684. The van der Waals surface area contributed by atoms with Crippen molar-refractivity contribution in [2.24, 2.45) is 17.3 Å². The number of rotatable bonds is 0. The smallest absolute Gasteiger partial charge is 0.00124 e. The van der Waals surface area contributed by atoms with Crippen molar-refractivity contribution in [3.05, 3.63) is 0 Å². The summed E-state index contributed by atoms with van der Waals surface area (Å²) in [5.41, 5.74) is 0.684. The Morgan fingerprint density at radius 3 is 2.56 bits per heavy atom. The predicted octanol–water partition coefficient (Wildman–Crippen LogP) is 1.25. The highest BCUT2D eigenvalue weighted by Crippen LogP contribution is 2.60. The third kappa shape index (κ3) is 0.644. The molecule has 1 nitrogen and oxygen atoms in total. The fourth-order valence-corrected chi connectivity index (χ4v) is 2.35.